The lowest BCUT2D eigenvalue weighted by molar-refractivity contribution is 0.0461. The van der Waals surface area contributed by atoms with Gasteiger partial charge in [0, 0.05) is 0 Å². The molecule has 2 rings (SSSR count). The predicted octanol–water partition coefficient (Wildman–Crippen LogP) is 8.28. The van der Waals surface area contributed by atoms with Crippen LogP contribution in [0.5, 0.6) is 0 Å². The van der Waals surface area contributed by atoms with E-state index in [2.05, 4.69) is 46.8 Å². The van der Waals surface area contributed by atoms with E-state index in [1.54, 1.807) is 6.07 Å². The third kappa shape index (κ3) is 7.66. The number of rotatable bonds is 11. The van der Waals surface area contributed by atoms with Gasteiger partial charge in [-0.3, -0.25) is 0 Å². The predicted molar refractivity (Wildman–Crippen MR) is 125 cm³/mol. The number of carbonyl (C=O) groups excluding carboxylic acids is 1. The normalized spacial score (nSPS) is 17.0. The Morgan fingerprint density at radius 3 is 2.63 bits per heavy atom. The van der Waals surface area contributed by atoms with Crippen LogP contribution >= 0.6 is 0 Å². The van der Waals surface area contributed by atoms with Crippen molar-refractivity contribution in [2.45, 2.75) is 92.4 Å². The summed E-state index contributed by atoms with van der Waals surface area (Å²) in [5, 5.41) is 0. The zero-order chi connectivity index (χ0) is 22.0. The summed E-state index contributed by atoms with van der Waals surface area (Å²) < 4.78 is 11.0. The molecule has 0 amide bonds. The maximum Gasteiger partial charge on any atom is 0.374 e. The van der Waals surface area contributed by atoms with E-state index in [0.29, 0.717) is 12.4 Å². The van der Waals surface area contributed by atoms with Crippen LogP contribution in [-0.2, 0) is 4.74 Å². The summed E-state index contributed by atoms with van der Waals surface area (Å²) in [5.74, 6) is 0.578. The first-order chi connectivity index (χ1) is 14.3. The second-order valence-electron chi connectivity index (χ2n) is 9.26. The van der Waals surface area contributed by atoms with Crippen molar-refractivity contribution in [1.29, 1.82) is 0 Å². The number of hydrogen-bond donors (Lipinski definition) is 0. The highest BCUT2D eigenvalue weighted by molar-refractivity contribution is 5.86. The Balaban J connectivity index is 1.86. The molecule has 0 saturated carbocycles. The van der Waals surface area contributed by atoms with Crippen LogP contribution in [0.15, 0.2) is 45.4 Å². The molecule has 0 bridgehead atoms. The molecule has 166 valence electrons. The second kappa shape index (κ2) is 12.0. The zero-order valence-corrected chi connectivity index (χ0v) is 19.7. The standard InChI is InChI=1S/C27H40O3/c1-6-7-8-9-10-11-19-29-26(28)25-17-15-23(30-25)20-21(2)14-16-24-22(3)13-12-18-27(24,4)5/h14-17,20H,6-13,18-19H2,1-5H3/b16-14?,21-20+. The van der Waals surface area contributed by atoms with E-state index >= 15 is 0 Å². The van der Waals surface area contributed by atoms with E-state index in [9.17, 15) is 4.79 Å². The van der Waals surface area contributed by atoms with Gasteiger partial charge in [0.25, 0.3) is 0 Å². The third-order valence-corrected chi connectivity index (χ3v) is 5.98. The summed E-state index contributed by atoms with van der Waals surface area (Å²) in [6.07, 6.45) is 17.1. The van der Waals surface area contributed by atoms with Gasteiger partial charge in [0.1, 0.15) is 5.76 Å². The van der Waals surface area contributed by atoms with Crippen LogP contribution in [0.25, 0.3) is 6.08 Å². The smallest absolute Gasteiger partial charge is 0.374 e. The summed E-state index contributed by atoms with van der Waals surface area (Å²) in [4.78, 5) is 12.2. The molecule has 0 fully saturated rings. The highest BCUT2D eigenvalue weighted by Gasteiger charge is 2.26. The lowest BCUT2D eigenvalue weighted by Gasteiger charge is -2.32. The van der Waals surface area contributed by atoms with Crippen LogP contribution in [0.3, 0.4) is 0 Å². The van der Waals surface area contributed by atoms with Gasteiger partial charge in [-0.2, -0.15) is 0 Å². The van der Waals surface area contributed by atoms with Crippen molar-refractivity contribution in [3.8, 4) is 0 Å². The Morgan fingerprint density at radius 1 is 1.17 bits per heavy atom. The van der Waals surface area contributed by atoms with E-state index < -0.39 is 0 Å². The first-order valence-electron chi connectivity index (χ1n) is 11.7. The summed E-state index contributed by atoms with van der Waals surface area (Å²) in [7, 11) is 0. The molecule has 3 nitrogen and oxygen atoms in total. The van der Waals surface area contributed by atoms with E-state index in [-0.39, 0.29) is 17.1 Å². The van der Waals surface area contributed by atoms with E-state index in [0.717, 1.165) is 18.4 Å². The Hall–Kier alpha value is -2.03. The van der Waals surface area contributed by atoms with Crippen LogP contribution in [0, 0.1) is 5.41 Å². The highest BCUT2D eigenvalue weighted by Crippen LogP contribution is 2.40. The maximum absolute atomic E-state index is 12.2. The van der Waals surface area contributed by atoms with Crippen molar-refractivity contribution in [2.75, 3.05) is 6.61 Å². The maximum atomic E-state index is 12.2. The van der Waals surface area contributed by atoms with Gasteiger partial charge in [-0.05, 0) is 74.3 Å². The average molecular weight is 413 g/mol. The van der Waals surface area contributed by atoms with E-state index in [1.807, 2.05) is 12.1 Å². The summed E-state index contributed by atoms with van der Waals surface area (Å²) >= 11 is 0. The Bertz CT molecular complexity index is 774. The van der Waals surface area contributed by atoms with Crippen molar-refractivity contribution < 1.29 is 13.9 Å². The number of unbranched alkanes of at least 4 members (excludes halogenated alkanes) is 5. The van der Waals surface area contributed by atoms with Crippen molar-refractivity contribution in [2.24, 2.45) is 5.41 Å². The molecule has 1 heterocycles. The molecule has 30 heavy (non-hydrogen) atoms. The molecule has 0 N–H and O–H groups in total. The van der Waals surface area contributed by atoms with Gasteiger partial charge in [0.05, 0.1) is 6.61 Å². The lowest BCUT2D eigenvalue weighted by atomic mass is 9.72. The molecule has 1 aliphatic carbocycles. The number of esters is 1. The molecule has 0 saturated heterocycles. The Kier molecular flexibility index (Phi) is 9.68. The monoisotopic (exact) mass is 412 g/mol. The molecule has 3 heteroatoms. The Labute approximate surface area is 183 Å². The number of carbonyl (C=O) groups is 1. The molecule has 0 atom stereocenters. The average Bonchev–Trinajstić information content (AvgIpc) is 3.14. The molecule has 0 radical (unpaired) electrons. The second-order valence-corrected chi connectivity index (χ2v) is 9.26. The molecular weight excluding hydrogens is 372 g/mol. The topological polar surface area (TPSA) is 39.4 Å². The minimum atomic E-state index is -0.374. The minimum Gasteiger partial charge on any atom is -0.460 e. The molecule has 1 aromatic rings. The van der Waals surface area contributed by atoms with Gasteiger partial charge < -0.3 is 9.15 Å². The fourth-order valence-corrected chi connectivity index (χ4v) is 4.16. The van der Waals surface area contributed by atoms with Gasteiger partial charge in [-0.1, -0.05) is 70.6 Å². The molecule has 0 spiro atoms. The molecule has 1 aromatic heterocycles. The number of allylic oxidation sites excluding steroid dienone is 5. The van der Waals surface area contributed by atoms with Crippen molar-refractivity contribution >= 4 is 12.0 Å². The zero-order valence-electron chi connectivity index (χ0n) is 19.7. The molecule has 0 aromatic carbocycles. The molecule has 0 unspecified atom stereocenters. The quantitative estimate of drug-likeness (QED) is 0.208. The minimum absolute atomic E-state index is 0.233. The summed E-state index contributed by atoms with van der Waals surface area (Å²) in [5.41, 5.74) is 4.26. The Morgan fingerprint density at radius 2 is 1.90 bits per heavy atom. The van der Waals surface area contributed by atoms with Crippen molar-refractivity contribution in [3.05, 3.63) is 52.5 Å². The van der Waals surface area contributed by atoms with E-state index in [4.69, 9.17) is 9.15 Å². The highest BCUT2D eigenvalue weighted by atomic mass is 16.5. The van der Waals surface area contributed by atoms with Crippen molar-refractivity contribution in [3.63, 3.8) is 0 Å². The number of furan rings is 1. The van der Waals surface area contributed by atoms with Crippen LogP contribution in [0.4, 0.5) is 0 Å². The molecule has 0 aliphatic heterocycles. The van der Waals surface area contributed by atoms with Gasteiger partial charge in [-0.25, -0.2) is 4.79 Å². The molecular formula is C27H40O3. The lowest BCUT2D eigenvalue weighted by Crippen LogP contribution is -2.19. The van der Waals surface area contributed by atoms with Crippen LogP contribution in [0.2, 0.25) is 0 Å². The van der Waals surface area contributed by atoms with Gasteiger partial charge in [0.2, 0.25) is 5.76 Å². The van der Waals surface area contributed by atoms with Crippen LogP contribution in [-0.4, -0.2) is 12.6 Å². The first kappa shape index (κ1) is 24.2. The number of hydrogen-bond acceptors (Lipinski definition) is 3. The first-order valence-corrected chi connectivity index (χ1v) is 11.7. The summed E-state index contributed by atoms with van der Waals surface area (Å²) in [6, 6.07) is 3.52. The van der Waals surface area contributed by atoms with Gasteiger partial charge in [-0.15, -0.1) is 0 Å². The number of ether oxygens (including phenoxy) is 1. The summed E-state index contributed by atoms with van der Waals surface area (Å²) in [6.45, 7) is 11.6. The van der Waals surface area contributed by atoms with E-state index in [1.165, 1.54) is 56.1 Å². The van der Waals surface area contributed by atoms with Crippen LogP contribution in [0.1, 0.15) is 109 Å². The van der Waals surface area contributed by atoms with Crippen LogP contribution < -0.4 is 0 Å². The van der Waals surface area contributed by atoms with Gasteiger partial charge in [0.15, 0.2) is 0 Å². The van der Waals surface area contributed by atoms with Crippen molar-refractivity contribution in [1.82, 2.24) is 0 Å². The van der Waals surface area contributed by atoms with Gasteiger partial charge >= 0.3 is 5.97 Å². The largest absolute Gasteiger partial charge is 0.460 e. The third-order valence-electron chi connectivity index (χ3n) is 5.98. The SMILES string of the molecule is CCCCCCCCOC(=O)c1ccc(/C=C(\C)C=CC2=C(C)CCCC2(C)C)o1. The fraction of sp³-hybridized carbons (Fsp3) is 0.593. The fourth-order valence-electron chi connectivity index (χ4n) is 4.16. The molecule has 1 aliphatic rings.